The van der Waals surface area contributed by atoms with Crippen molar-refractivity contribution in [1.82, 2.24) is 20.3 Å². The van der Waals surface area contributed by atoms with Crippen LogP contribution in [0.4, 0.5) is 4.79 Å². The van der Waals surface area contributed by atoms with Crippen molar-refractivity contribution in [2.45, 2.75) is 52.1 Å². The van der Waals surface area contributed by atoms with Crippen LogP contribution in [0.15, 0.2) is 0 Å². The number of likely N-dealkylation sites (tertiary alicyclic amines) is 1. The first kappa shape index (κ1) is 19.7. The molecule has 134 valence electrons. The molecule has 3 amide bonds. The fourth-order valence-corrected chi connectivity index (χ4v) is 3.09. The molecule has 2 atom stereocenters. The van der Waals surface area contributed by atoms with E-state index in [1.807, 2.05) is 11.8 Å². The smallest absolute Gasteiger partial charge is 0.315 e. The molecule has 0 aliphatic carbocycles. The molecule has 0 aromatic heterocycles. The highest BCUT2D eigenvalue weighted by Crippen LogP contribution is 2.17. The molecule has 1 saturated heterocycles. The van der Waals surface area contributed by atoms with Gasteiger partial charge in [-0.15, -0.1) is 0 Å². The van der Waals surface area contributed by atoms with Crippen molar-refractivity contribution in [3.8, 4) is 0 Å². The second kappa shape index (κ2) is 9.07. The third-order valence-corrected chi connectivity index (χ3v) is 5.32. The molecule has 1 aliphatic rings. The van der Waals surface area contributed by atoms with Crippen LogP contribution >= 0.6 is 0 Å². The lowest BCUT2D eigenvalue weighted by atomic mass is 10.0. The maximum Gasteiger partial charge on any atom is 0.315 e. The first-order valence-electron chi connectivity index (χ1n) is 8.09. The van der Waals surface area contributed by atoms with Crippen LogP contribution in [0, 0.1) is 0 Å². The Hall–Kier alpha value is -1.35. The number of sulfonamides is 1. The van der Waals surface area contributed by atoms with Crippen molar-refractivity contribution < 1.29 is 18.0 Å². The van der Waals surface area contributed by atoms with Crippen molar-refractivity contribution in [2.24, 2.45) is 0 Å². The van der Waals surface area contributed by atoms with Gasteiger partial charge in [0.2, 0.25) is 15.9 Å². The van der Waals surface area contributed by atoms with Gasteiger partial charge in [0.25, 0.3) is 0 Å². The van der Waals surface area contributed by atoms with Gasteiger partial charge < -0.3 is 15.5 Å². The number of carbonyl (C=O) groups is 2. The highest BCUT2D eigenvalue weighted by Gasteiger charge is 2.27. The molecule has 1 rings (SSSR count). The van der Waals surface area contributed by atoms with Gasteiger partial charge in [0.15, 0.2) is 0 Å². The minimum atomic E-state index is -3.26. The van der Waals surface area contributed by atoms with Crippen LogP contribution in [0.1, 0.15) is 40.0 Å². The van der Waals surface area contributed by atoms with E-state index in [-0.39, 0.29) is 30.8 Å². The SMILES string of the molecule is CCS(=O)(=O)NCCNC(=O)N[C@@H](C)C(=O)N1CCCC[C@@H]1C. The molecule has 1 fully saturated rings. The number of nitrogens with zero attached hydrogens (tertiary/aromatic N) is 1. The molecule has 0 saturated carbocycles. The van der Waals surface area contributed by atoms with Crippen LogP contribution in [0.25, 0.3) is 0 Å². The fraction of sp³-hybridized carbons (Fsp3) is 0.857. The molecule has 1 aliphatic heterocycles. The molecule has 0 unspecified atom stereocenters. The molecule has 0 radical (unpaired) electrons. The fourth-order valence-electron chi connectivity index (χ4n) is 2.47. The molecule has 0 aromatic carbocycles. The average molecular weight is 348 g/mol. The zero-order valence-corrected chi connectivity index (χ0v) is 14.9. The summed E-state index contributed by atoms with van der Waals surface area (Å²) in [6.07, 6.45) is 3.11. The van der Waals surface area contributed by atoms with E-state index in [1.54, 1.807) is 6.92 Å². The Morgan fingerprint density at radius 2 is 1.96 bits per heavy atom. The van der Waals surface area contributed by atoms with Gasteiger partial charge in [-0.1, -0.05) is 0 Å². The summed E-state index contributed by atoms with van der Waals surface area (Å²) in [7, 11) is -3.26. The number of rotatable bonds is 7. The summed E-state index contributed by atoms with van der Waals surface area (Å²) in [5, 5.41) is 5.12. The predicted molar refractivity (Wildman–Crippen MR) is 88.5 cm³/mol. The molecule has 3 N–H and O–H groups in total. The number of nitrogens with one attached hydrogen (secondary N) is 3. The lowest BCUT2D eigenvalue weighted by Gasteiger charge is -2.35. The quantitative estimate of drug-likeness (QED) is 0.564. The summed E-state index contributed by atoms with van der Waals surface area (Å²) in [6, 6.07) is -0.888. The highest BCUT2D eigenvalue weighted by atomic mass is 32.2. The van der Waals surface area contributed by atoms with Gasteiger partial charge in [-0.2, -0.15) is 0 Å². The van der Waals surface area contributed by atoms with Gasteiger partial charge in [-0.25, -0.2) is 17.9 Å². The first-order chi connectivity index (χ1) is 10.8. The topological polar surface area (TPSA) is 108 Å². The van der Waals surface area contributed by atoms with Crippen LogP contribution in [0.5, 0.6) is 0 Å². The van der Waals surface area contributed by atoms with Crippen LogP contribution in [0.3, 0.4) is 0 Å². The standard InChI is InChI=1S/C14H28N4O4S/c1-4-23(21,22)16-9-8-15-14(20)17-12(3)13(19)18-10-6-5-7-11(18)2/h11-12,16H,4-10H2,1-3H3,(H2,15,17,20)/t11-,12-/m0/s1. The summed E-state index contributed by atoms with van der Waals surface area (Å²) in [4.78, 5) is 25.9. The highest BCUT2D eigenvalue weighted by molar-refractivity contribution is 7.89. The normalized spacial score (nSPS) is 20.0. The van der Waals surface area contributed by atoms with Gasteiger partial charge in [0.1, 0.15) is 6.04 Å². The van der Waals surface area contributed by atoms with Gasteiger partial charge in [-0.05, 0) is 40.0 Å². The minimum absolute atomic E-state index is 0.00124. The van der Waals surface area contributed by atoms with E-state index in [2.05, 4.69) is 15.4 Å². The van der Waals surface area contributed by atoms with Crippen LogP contribution < -0.4 is 15.4 Å². The van der Waals surface area contributed by atoms with E-state index in [9.17, 15) is 18.0 Å². The van der Waals surface area contributed by atoms with E-state index in [4.69, 9.17) is 0 Å². The van der Waals surface area contributed by atoms with E-state index in [0.29, 0.717) is 0 Å². The zero-order valence-electron chi connectivity index (χ0n) is 14.1. The van der Waals surface area contributed by atoms with Gasteiger partial charge in [-0.3, -0.25) is 4.79 Å². The Kier molecular flexibility index (Phi) is 7.77. The average Bonchev–Trinajstić information content (AvgIpc) is 2.51. The maximum atomic E-state index is 12.3. The number of urea groups is 1. The summed E-state index contributed by atoms with van der Waals surface area (Å²) in [5.41, 5.74) is 0. The van der Waals surface area contributed by atoms with Crippen molar-refractivity contribution in [3.63, 3.8) is 0 Å². The van der Waals surface area contributed by atoms with Gasteiger partial charge in [0, 0.05) is 25.7 Å². The van der Waals surface area contributed by atoms with E-state index < -0.39 is 22.1 Å². The Balaban J connectivity index is 2.31. The Bertz CT molecular complexity index is 509. The van der Waals surface area contributed by atoms with Crippen molar-refractivity contribution >= 4 is 22.0 Å². The summed E-state index contributed by atoms with van der Waals surface area (Å²) >= 11 is 0. The third kappa shape index (κ3) is 6.74. The molecule has 0 bridgehead atoms. The largest absolute Gasteiger partial charge is 0.338 e. The summed E-state index contributed by atoms with van der Waals surface area (Å²) in [6.45, 7) is 6.22. The molecular formula is C14H28N4O4S. The van der Waals surface area contributed by atoms with E-state index >= 15 is 0 Å². The molecular weight excluding hydrogens is 320 g/mol. The zero-order chi connectivity index (χ0) is 17.5. The number of carbonyl (C=O) groups excluding carboxylic acids is 2. The van der Waals surface area contributed by atoms with Crippen LogP contribution in [0.2, 0.25) is 0 Å². The monoisotopic (exact) mass is 348 g/mol. The number of hydrogen-bond acceptors (Lipinski definition) is 4. The lowest BCUT2D eigenvalue weighted by molar-refractivity contribution is -0.136. The Morgan fingerprint density at radius 3 is 2.57 bits per heavy atom. The second-order valence-electron chi connectivity index (χ2n) is 5.80. The van der Waals surface area contributed by atoms with Crippen LogP contribution in [-0.4, -0.2) is 62.7 Å². The molecule has 23 heavy (non-hydrogen) atoms. The van der Waals surface area contributed by atoms with E-state index in [0.717, 1.165) is 25.8 Å². The van der Waals surface area contributed by atoms with Crippen LogP contribution in [-0.2, 0) is 14.8 Å². The first-order valence-corrected chi connectivity index (χ1v) is 9.74. The van der Waals surface area contributed by atoms with E-state index in [1.165, 1.54) is 6.92 Å². The Labute approximate surface area is 138 Å². The predicted octanol–water partition coefficient (Wildman–Crippen LogP) is 0.0144. The molecule has 1 heterocycles. The van der Waals surface area contributed by atoms with Gasteiger partial charge in [0.05, 0.1) is 5.75 Å². The second-order valence-corrected chi connectivity index (χ2v) is 7.89. The molecule has 0 spiro atoms. The third-order valence-electron chi connectivity index (χ3n) is 3.92. The molecule has 0 aromatic rings. The molecule has 8 nitrogen and oxygen atoms in total. The van der Waals surface area contributed by atoms with Crippen molar-refractivity contribution in [2.75, 3.05) is 25.4 Å². The minimum Gasteiger partial charge on any atom is -0.338 e. The van der Waals surface area contributed by atoms with Crippen molar-refractivity contribution in [3.05, 3.63) is 0 Å². The molecule has 9 heteroatoms. The number of amides is 3. The number of hydrogen-bond donors (Lipinski definition) is 3. The maximum absolute atomic E-state index is 12.3. The summed E-state index contributed by atoms with van der Waals surface area (Å²) < 4.78 is 24.8. The lowest BCUT2D eigenvalue weighted by Crippen LogP contribution is -2.53. The number of piperidine rings is 1. The summed E-state index contributed by atoms with van der Waals surface area (Å²) in [5.74, 6) is -0.0855. The van der Waals surface area contributed by atoms with Crippen molar-refractivity contribution in [1.29, 1.82) is 0 Å². The Morgan fingerprint density at radius 1 is 1.26 bits per heavy atom. The van der Waals surface area contributed by atoms with Gasteiger partial charge >= 0.3 is 6.03 Å².